The summed E-state index contributed by atoms with van der Waals surface area (Å²) in [6.45, 7) is 3.98. The number of halogens is 1. The highest BCUT2D eigenvalue weighted by molar-refractivity contribution is 9.10. The second-order valence-corrected chi connectivity index (χ2v) is 9.37. The minimum Gasteiger partial charge on any atom is -0.355 e. The Balaban J connectivity index is 1.39. The fraction of sp³-hybridized carbons (Fsp3) is 0.381. The first-order chi connectivity index (χ1) is 14.5. The Morgan fingerprint density at radius 3 is 2.67 bits per heavy atom. The first-order valence-electron chi connectivity index (χ1n) is 9.85. The third-order valence-electron chi connectivity index (χ3n) is 6.35. The molecule has 2 aliphatic rings. The van der Waals surface area contributed by atoms with Crippen LogP contribution >= 0.6 is 15.9 Å². The summed E-state index contributed by atoms with van der Waals surface area (Å²) in [6, 6.07) is 4.13. The van der Waals surface area contributed by atoms with Crippen molar-refractivity contribution in [3.63, 3.8) is 0 Å². The zero-order valence-corrected chi connectivity index (χ0v) is 18.0. The molecule has 3 atom stereocenters. The van der Waals surface area contributed by atoms with Crippen molar-refractivity contribution in [2.24, 2.45) is 11.8 Å². The number of nitriles is 1. The lowest BCUT2D eigenvalue weighted by Gasteiger charge is -2.26. The van der Waals surface area contributed by atoms with Crippen molar-refractivity contribution in [1.29, 1.82) is 5.26 Å². The van der Waals surface area contributed by atoms with E-state index < -0.39 is 0 Å². The van der Waals surface area contributed by atoms with Gasteiger partial charge in [-0.2, -0.15) is 10.4 Å². The number of anilines is 1. The molecule has 0 spiro atoms. The molecule has 1 aliphatic carbocycles. The molecule has 4 heterocycles. The smallest absolute Gasteiger partial charge is 0.207 e. The van der Waals surface area contributed by atoms with Crippen LogP contribution in [0.3, 0.4) is 0 Å². The lowest BCUT2D eigenvalue weighted by molar-refractivity contribution is -0.111. The molecule has 0 radical (unpaired) electrons. The van der Waals surface area contributed by atoms with Crippen LogP contribution in [0.4, 0.5) is 5.82 Å². The Bertz CT molecular complexity index is 1150. The van der Waals surface area contributed by atoms with Crippen molar-refractivity contribution < 1.29 is 4.79 Å². The van der Waals surface area contributed by atoms with Gasteiger partial charge in [-0.3, -0.25) is 9.78 Å². The summed E-state index contributed by atoms with van der Waals surface area (Å²) < 4.78 is 2.53. The number of carbonyl (C=O) groups is 1. The number of fused-ring (bicyclic) bond motifs is 2. The van der Waals surface area contributed by atoms with E-state index in [-0.39, 0.29) is 5.54 Å². The Kier molecular flexibility index (Phi) is 4.47. The van der Waals surface area contributed by atoms with Gasteiger partial charge in [0, 0.05) is 34.9 Å². The van der Waals surface area contributed by atoms with Gasteiger partial charge in [0.2, 0.25) is 6.41 Å². The number of hydrogen-bond donors (Lipinski definition) is 1. The van der Waals surface area contributed by atoms with Gasteiger partial charge in [-0.1, -0.05) is 0 Å². The molecule has 3 aromatic rings. The maximum Gasteiger partial charge on any atom is 0.207 e. The lowest BCUT2D eigenvalue weighted by Crippen LogP contribution is -2.40. The van der Waals surface area contributed by atoms with Gasteiger partial charge in [0.25, 0.3) is 0 Å². The van der Waals surface area contributed by atoms with Crippen molar-refractivity contribution >= 4 is 33.7 Å². The predicted molar refractivity (Wildman–Crippen MR) is 115 cm³/mol. The maximum atomic E-state index is 10.9. The van der Waals surface area contributed by atoms with Crippen LogP contribution in [0.25, 0.3) is 16.8 Å². The van der Waals surface area contributed by atoms with Gasteiger partial charge in [-0.15, -0.1) is 0 Å². The fourth-order valence-corrected chi connectivity index (χ4v) is 5.50. The number of amides is 1. The van der Waals surface area contributed by atoms with Crippen LogP contribution in [-0.4, -0.2) is 44.6 Å². The number of nitrogens with one attached hydrogen (secondary N) is 1. The molecular weight excluding hydrogens is 446 g/mol. The van der Waals surface area contributed by atoms with Crippen molar-refractivity contribution in [2.45, 2.75) is 25.3 Å². The van der Waals surface area contributed by atoms with Crippen LogP contribution in [0.2, 0.25) is 0 Å². The van der Waals surface area contributed by atoms with E-state index in [4.69, 9.17) is 0 Å². The summed E-state index contributed by atoms with van der Waals surface area (Å²) in [5.74, 6) is 1.97. The van der Waals surface area contributed by atoms with Gasteiger partial charge in [-0.05, 0) is 53.6 Å². The van der Waals surface area contributed by atoms with E-state index in [1.807, 2.05) is 12.3 Å². The molecule has 1 saturated carbocycles. The Hall–Kier alpha value is -2.99. The highest BCUT2D eigenvalue weighted by Crippen LogP contribution is 2.44. The third-order valence-corrected chi connectivity index (χ3v) is 6.78. The van der Waals surface area contributed by atoms with Crippen LogP contribution in [0.1, 0.15) is 25.3 Å². The summed E-state index contributed by atoms with van der Waals surface area (Å²) >= 11 is 3.50. The summed E-state index contributed by atoms with van der Waals surface area (Å²) in [5.41, 5.74) is 2.65. The molecule has 5 rings (SSSR count). The van der Waals surface area contributed by atoms with Gasteiger partial charge in [-0.25, -0.2) is 9.50 Å². The molecule has 1 amide bonds. The van der Waals surface area contributed by atoms with E-state index >= 15 is 0 Å². The van der Waals surface area contributed by atoms with E-state index in [1.54, 1.807) is 23.1 Å². The topological polar surface area (TPSA) is 99.2 Å². The van der Waals surface area contributed by atoms with Crippen molar-refractivity contribution in [1.82, 2.24) is 24.9 Å². The molecule has 0 bridgehead atoms. The minimum atomic E-state index is -0.0888. The summed E-state index contributed by atoms with van der Waals surface area (Å²) in [6.07, 6.45) is 9.75. The average Bonchev–Trinajstić information content (AvgIpc) is 3.38. The van der Waals surface area contributed by atoms with E-state index in [1.165, 1.54) is 0 Å². The molecular formula is C21H20BrN7O. The SMILES string of the molecule is C[C@@]1(NC=O)C[C@H]2CN(c3cnc(-c4cc(Br)cn5ncc(C#N)c45)cn3)C[C@H]2C1. The predicted octanol–water partition coefficient (Wildman–Crippen LogP) is 2.78. The van der Waals surface area contributed by atoms with Gasteiger partial charge in [0.05, 0.1) is 35.4 Å². The molecule has 0 unspecified atom stereocenters. The molecule has 2 fully saturated rings. The van der Waals surface area contributed by atoms with E-state index in [0.29, 0.717) is 23.1 Å². The second-order valence-electron chi connectivity index (χ2n) is 8.45. The molecule has 1 N–H and O–H groups in total. The highest BCUT2D eigenvalue weighted by atomic mass is 79.9. The van der Waals surface area contributed by atoms with Crippen LogP contribution < -0.4 is 10.2 Å². The molecule has 0 aromatic carbocycles. The first-order valence-corrected chi connectivity index (χ1v) is 10.6. The molecule has 9 heteroatoms. The van der Waals surface area contributed by atoms with Gasteiger partial charge in [0.15, 0.2) is 0 Å². The number of aromatic nitrogens is 4. The van der Waals surface area contributed by atoms with Crippen LogP contribution in [0, 0.1) is 23.2 Å². The zero-order valence-electron chi connectivity index (χ0n) is 16.4. The number of hydrogen-bond acceptors (Lipinski definition) is 6. The van der Waals surface area contributed by atoms with Crippen molar-refractivity contribution in [3.05, 3.63) is 40.9 Å². The largest absolute Gasteiger partial charge is 0.355 e. The number of pyridine rings is 1. The zero-order chi connectivity index (χ0) is 20.9. The fourth-order valence-electron chi connectivity index (χ4n) is 5.08. The summed E-state index contributed by atoms with van der Waals surface area (Å²) in [7, 11) is 0. The van der Waals surface area contributed by atoms with E-state index in [0.717, 1.165) is 53.7 Å². The highest BCUT2D eigenvalue weighted by Gasteiger charge is 2.46. The lowest BCUT2D eigenvalue weighted by atomic mass is 9.98. The Morgan fingerprint density at radius 1 is 1.27 bits per heavy atom. The Morgan fingerprint density at radius 2 is 2.03 bits per heavy atom. The van der Waals surface area contributed by atoms with Crippen LogP contribution in [-0.2, 0) is 4.79 Å². The quantitative estimate of drug-likeness (QED) is 0.594. The first kappa shape index (κ1) is 19.0. The van der Waals surface area contributed by atoms with E-state index in [9.17, 15) is 10.1 Å². The van der Waals surface area contributed by atoms with Crippen molar-refractivity contribution in [3.8, 4) is 17.3 Å². The number of nitrogens with zero attached hydrogens (tertiary/aromatic N) is 6. The number of carbonyl (C=O) groups excluding carboxylic acids is 1. The maximum absolute atomic E-state index is 10.9. The third kappa shape index (κ3) is 3.12. The normalized spacial score (nSPS) is 25.3. The molecule has 8 nitrogen and oxygen atoms in total. The van der Waals surface area contributed by atoms with Gasteiger partial charge in [0.1, 0.15) is 11.9 Å². The monoisotopic (exact) mass is 465 g/mol. The standard InChI is InChI=1S/C21H20BrN7O/c1-21(26-12-30)3-13-9-28(10-14(13)4-21)19-8-24-18(7-25-19)17-2-16(22)11-29-20(17)15(5-23)6-27-29/h2,6-8,11-14H,3-4,9-10H2,1H3,(H,26,30)/t13-,14+,21+. The van der Waals surface area contributed by atoms with E-state index in [2.05, 4.69) is 54.2 Å². The van der Waals surface area contributed by atoms with Crippen LogP contribution in [0.5, 0.6) is 0 Å². The number of rotatable bonds is 4. The molecule has 30 heavy (non-hydrogen) atoms. The summed E-state index contributed by atoms with van der Waals surface area (Å²) in [4.78, 5) is 22.5. The van der Waals surface area contributed by atoms with Crippen molar-refractivity contribution in [2.75, 3.05) is 18.0 Å². The molecule has 1 aliphatic heterocycles. The second kappa shape index (κ2) is 7.06. The van der Waals surface area contributed by atoms with Crippen LogP contribution in [0.15, 0.2) is 35.3 Å². The average molecular weight is 466 g/mol. The molecule has 152 valence electrons. The Labute approximate surface area is 182 Å². The minimum absolute atomic E-state index is 0.0888. The van der Waals surface area contributed by atoms with Gasteiger partial charge >= 0.3 is 0 Å². The van der Waals surface area contributed by atoms with Gasteiger partial charge < -0.3 is 10.2 Å². The molecule has 1 saturated heterocycles. The summed E-state index contributed by atoms with van der Waals surface area (Å²) in [5, 5.41) is 16.7. The molecule has 3 aromatic heterocycles.